The highest BCUT2D eigenvalue weighted by molar-refractivity contribution is 4.47. The molecule has 0 aromatic heterocycles. The van der Waals surface area contributed by atoms with Crippen LogP contribution in [0.4, 0.5) is 0 Å². The molecule has 1 unspecified atom stereocenters. The number of hydrogen-bond acceptors (Lipinski definition) is 3. The second-order valence-electron chi connectivity index (χ2n) is 3.32. The minimum Gasteiger partial charge on any atom is -0.396 e. The molecule has 0 saturated carbocycles. The Bertz CT molecular complexity index is 96.2. The first-order valence-corrected chi connectivity index (χ1v) is 5.13. The molecule has 0 rings (SSSR count). The zero-order valence-electron chi connectivity index (χ0n) is 8.54. The molecule has 0 saturated heterocycles. The van der Waals surface area contributed by atoms with Crippen LogP contribution in [-0.4, -0.2) is 30.2 Å². The highest BCUT2D eigenvalue weighted by atomic mass is 16.6. The summed E-state index contributed by atoms with van der Waals surface area (Å²) >= 11 is 0. The standard InChI is InChI=1S/C10H22O3/c1-13-10(12)8-6-4-2-3-5-7-9-11/h10-12H,2-9H2,1H3. The number of unbranched alkanes of at least 4 members (excludes halogenated alkanes) is 5. The van der Waals surface area contributed by atoms with E-state index in [9.17, 15) is 0 Å². The third-order valence-electron chi connectivity index (χ3n) is 2.13. The second-order valence-corrected chi connectivity index (χ2v) is 3.32. The van der Waals surface area contributed by atoms with Crippen LogP contribution >= 0.6 is 0 Å². The number of ether oxygens (including phenoxy) is 1. The van der Waals surface area contributed by atoms with Gasteiger partial charge in [0, 0.05) is 13.7 Å². The number of aliphatic hydroxyl groups excluding tert-OH is 2. The van der Waals surface area contributed by atoms with Gasteiger partial charge in [-0.3, -0.25) is 0 Å². The molecule has 0 radical (unpaired) electrons. The lowest BCUT2D eigenvalue weighted by Gasteiger charge is -2.07. The summed E-state index contributed by atoms with van der Waals surface area (Å²) in [6.45, 7) is 0.308. The van der Waals surface area contributed by atoms with Gasteiger partial charge in [-0.05, 0) is 19.3 Å². The van der Waals surface area contributed by atoms with Gasteiger partial charge >= 0.3 is 0 Å². The molecule has 0 bridgehead atoms. The maximum Gasteiger partial charge on any atom is 0.154 e. The molecule has 1 atom stereocenters. The molecule has 2 N–H and O–H groups in total. The zero-order chi connectivity index (χ0) is 9.94. The van der Waals surface area contributed by atoms with Crippen LogP contribution in [0.25, 0.3) is 0 Å². The monoisotopic (exact) mass is 190 g/mol. The molecular weight excluding hydrogens is 168 g/mol. The van der Waals surface area contributed by atoms with Crippen LogP contribution in [0.15, 0.2) is 0 Å². The molecule has 0 fully saturated rings. The Balaban J connectivity index is 2.91. The van der Waals surface area contributed by atoms with Crippen molar-refractivity contribution in [2.45, 2.75) is 51.2 Å². The van der Waals surface area contributed by atoms with Crippen LogP contribution < -0.4 is 0 Å². The van der Waals surface area contributed by atoms with Gasteiger partial charge in [0.25, 0.3) is 0 Å². The van der Waals surface area contributed by atoms with Gasteiger partial charge in [0.15, 0.2) is 6.29 Å². The highest BCUT2D eigenvalue weighted by Gasteiger charge is 1.99. The summed E-state index contributed by atoms with van der Waals surface area (Å²) in [6.07, 6.45) is 6.72. The molecule has 0 aliphatic heterocycles. The fraction of sp³-hybridized carbons (Fsp3) is 1.00. The Hall–Kier alpha value is -0.120. The van der Waals surface area contributed by atoms with Crippen molar-refractivity contribution in [2.24, 2.45) is 0 Å². The van der Waals surface area contributed by atoms with Gasteiger partial charge in [-0.25, -0.2) is 0 Å². The SMILES string of the molecule is COC(O)CCCCCCCCO. The topological polar surface area (TPSA) is 49.7 Å². The number of rotatable bonds is 9. The summed E-state index contributed by atoms with van der Waals surface area (Å²) in [5, 5.41) is 17.6. The van der Waals surface area contributed by atoms with Crippen molar-refractivity contribution < 1.29 is 14.9 Å². The van der Waals surface area contributed by atoms with E-state index in [-0.39, 0.29) is 0 Å². The summed E-state index contributed by atoms with van der Waals surface area (Å²) in [6, 6.07) is 0. The molecule has 0 aromatic carbocycles. The molecular formula is C10H22O3. The van der Waals surface area contributed by atoms with Gasteiger partial charge in [0.05, 0.1) is 0 Å². The van der Waals surface area contributed by atoms with Crippen LogP contribution in [0.3, 0.4) is 0 Å². The van der Waals surface area contributed by atoms with E-state index >= 15 is 0 Å². The van der Waals surface area contributed by atoms with Gasteiger partial charge in [-0.15, -0.1) is 0 Å². The van der Waals surface area contributed by atoms with Crippen molar-refractivity contribution in [3.63, 3.8) is 0 Å². The van der Waals surface area contributed by atoms with Gasteiger partial charge in [0.1, 0.15) is 0 Å². The fourth-order valence-corrected chi connectivity index (χ4v) is 1.26. The smallest absolute Gasteiger partial charge is 0.154 e. The second kappa shape index (κ2) is 9.96. The number of methoxy groups -OCH3 is 1. The lowest BCUT2D eigenvalue weighted by atomic mass is 10.1. The maximum atomic E-state index is 9.04. The first-order chi connectivity index (χ1) is 6.31. The van der Waals surface area contributed by atoms with E-state index in [1.165, 1.54) is 20.0 Å². The predicted molar refractivity (Wildman–Crippen MR) is 52.4 cm³/mol. The molecule has 3 heteroatoms. The summed E-state index contributed by atoms with van der Waals surface area (Å²) < 4.78 is 4.72. The van der Waals surface area contributed by atoms with Gasteiger partial charge in [-0.2, -0.15) is 0 Å². The van der Waals surface area contributed by atoms with E-state index in [1.54, 1.807) is 0 Å². The number of aliphatic hydroxyl groups is 2. The third kappa shape index (κ3) is 9.80. The molecule has 0 aliphatic carbocycles. The van der Waals surface area contributed by atoms with E-state index in [2.05, 4.69) is 0 Å². The first-order valence-electron chi connectivity index (χ1n) is 5.13. The average molecular weight is 190 g/mol. The number of hydrogen-bond donors (Lipinski definition) is 2. The Kier molecular flexibility index (Phi) is 9.87. The Labute approximate surface area is 80.7 Å². The van der Waals surface area contributed by atoms with E-state index < -0.39 is 6.29 Å². The Morgan fingerprint density at radius 1 is 1.00 bits per heavy atom. The summed E-state index contributed by atoms with van der Waals surface area (Å²) in [5.41, 5.74) is 0. The normalized spacial score (nSPS) is 13.2. The molecule has 0 aromatic rings. The van der Waals surface area contributed by atoms with Crippen molar-refractivity contribution in [3.05, 3.63) is 0 Å². The zero-order valence-corrected chi connectivity index (χ0v) is 8.54. The largest absolute Gasteiger partial charge is 0.396 e. The molecule has 13 heavy (non-hydrogen) atoms. The molecule has 0 heterocycles. The average Bonchev–Trinajstić information content (AvgIpc) is 2.16. The van der Waals surface area contributed by atoms with Crippen molar-refractivity contribution in [1.82, 2.24) is 0 Å². The maximum absolute atomic E-state index is 9.04. The third-order valence-corrected chi connectivity index (χ3v) is 2.13. The van der Waals surface area contributed by atoms with Gasteiger partial charge in [-0.1, -0.05) is 25.7 Å². The lowest BCUT2D eigenvalue weighted by molar-refractivity contribution is -0.0793. The van der Waals surface area contributed by atoms with Crippen LogP contribution in [0.5, 0.6) is 0 Å². The van der Waals surface area contributed by atoms with E-state index in [0.717, 1.165) is 32.1 Å². The summed E-state index contributed by atoms with van der Waals surface area (Å²) in [5.74, 6) is 0. The molecule has 3 nitrogen and oxygen atoms in total. The summed E-state index contributed by atoms with van der Waals surface area (Å²) in [4.78, 5) is 0. The Morgan fingerprint density at radius 2 is 1.54 bits per heavy atom. The minimum absolute atomic E-state index is 0.308. The highest BCUT2D eigenvalue weighted by Crippen LogP contribution is 2.08. The molecule has 0 aliphatic rings. The van der Waals surface area contributed by atoms with Crippen LogP contribution in [0.2, 0.25) is 0 Å². The lowest BCUT2D eigenvalue weighted by Crippen LogP contribution is -2.07. The van der Waals surface area contributed by atoms with Gasteiger partial charge < -0.3 is 14.9 Å². The van der Waals surface area contributed by atoms with Crippen molar-refractivity contribution in [2.75, 3.05) is 13.7 Å². The first kappa shape index (κ1) is 12.9. The van der Waals surface area contributed by atoms with Crippen LogP contribution in [0.1, 0.15) is 44.9 Å². The van der Waals surface area contributed by atoms with Crippen LogP contribution in [0, 0.1) is 0 Å². The molecule has 0 spiro atoms. The van der Waals surface area contributed by atoms with Crippen molar-refractivity contribution in [3.8, 4) is 0 Å². The van der Waals surface area contributed by atoms with Crippen molar-refractivity contribution in [1.29, 1.82) is 0 Å². The quantitative estimate of drug-likeness (QED) is 0.429. The van der Waals surface area contributed by atoms with Crippen molar-refractivity contribution >= 4 is 0 Å². The van der Waals surface area contributed by atoms with Crippen LogP contribution in [-0.2, 0) is 4.74 Å². The predicted octanol–water partition coefficient (Wildman–Crippen LogP) is 1.67. The van der Waals surface area contributed by atoms with Gasteiger partial charge in [0.2, 0.25) is 0 Å². The molecule has 0 amide bonds. The van der Waals surface area contributed by atoms with E-state index in [0.29, 0.717) is 6.61 Å². The molecule has 80 valence electrons. The fourth-order valence-electron chi connectivity index (χ4n) is 1.26. The summed E-state index contributed by atoms with van der Waals surface area (Å²) in [7, 11) is 1.52. The van der Waals surface area contributed by atoms with E-state index in [4.69, 9.17) is 14.9 Å². The minimum atomic E-state index is -0.586. The van der Waals surface area contributed by atoms with E-state index in [1.807, 2.05) is 0 Å². The Morgan fingerprint density at radius 3 is 2.08 bits per heavy atom.